The largest absolute Gasteiger partial charge is 0.350 e. The number of amides is 1. The number of para-hydroxylation sites is 1. The van der Waals surface area contributed by atoms with Crippen LogP contribution in [-0.4, -0.2) is 27.2 Å². The molecule has 1 aliphatic carbocycles. The van der Waals surface area contributed by atoms with E-state index in [-0.39, 0.29) is 5.91 Å². The molecule has 1 amide bonds. The van der Waals surface area contributed by atoms with Gasteiger partial charge in [-0.15, -0.1) is 0 Å². The van der Waals surface area contributed by atoms with E-state index in [1.165, 1.54) is 22.0 Å². The summed E-state index contributed by atoms with van der Waals surface area (Å²) >= 11 is 0. The van der Waals surface area contributed by atoms with Crippen LogP contribution in [0.25, 0.3) is 10.9 Å². The Morgan fingerprint density at radius 3 is 2.79 bits per heavy atom. The lowest BCUT2D eigenvalue weighted by Gasteiger charge is -2.05. The van der Waals surface area contributed by atoms with E-state index in [0.717, 1.165) is 43.5 Å². The van der Waals surface area contributed by atoms with Crippen LogP contribution in [-0.2, 0) is 25.8 Å². The molecule has 0 bridgehead atoms. The monoisotopic (exact) mass is 384 g/mol. The number of nitrogens with one attached hydrogen (secondary N) is 2. The van der Waals surface area contributed by atoms with E-state index in [4.69, 9.17) is 0 Å². The minimum absolute atomic E-state index is 0.0718. The summed E-state index contributed by atoms with van der Waals surface area (Å²) in [6.45, 7) is 1.44. The van der Waals surface area contributed by atoms with E-state index >= 15 is 0 Å². The second-order valence-electron chi connectivity index (χ2n) is 7.67. The maximum absolute atomic E-state index is 12.6. The molecule has 2 aromatic heterocycles. The van der Waals surface area contributed by atoms with Gasteiger partial charge in [0.1, 0.15) is 0 Å². The highest BCUT2D eigenvalue weighted by Crippen LogP contribution is 2.24. The van der Waals surface area contributed by atoms with Crippen LogP contribution in [0.2, 0.25) is 0 Å². The summed E-state index contributed by atoms with van der Waals surface area (Å²) < 4.78 is 2.29. The number of carbonyl (C=O) groups is 1. The SMILES string of the molecule is O=C(NCCc1cn(Cc2ccccc2)c2ccccc12)c1n[nH]c2c1CCC2. The lowest BCUT2D eigenvalue weighted by Crippen LogP contribution is -2.26. The second kappa shape index (κ2) is 7.59. The van der Waals surface area contributed by atoms with Gasteiger partial charge in [0.25, 0.3) is 5.91 Å². The molecule has 2 N–H and O–H groups in total. The Balaban J connectivity index is 1.31. The number of aryl methyl sites for hydroxylation is 1. The molecule has 4 aromatic rings. The topological polar surface area (TPSA) is 62.7 Å². The lowest BCUT2D eigenvalue weighted by molar-refractivity contribution is 0.0948. The number of benzene rings is 2. The Morgan fingerprint density at radius 1 is 1.07 bits per heavy atom. The van der Waals surface area contributed by atoms with Crippen LogP contribution in [0.5, 0.6) is 0 Å². The Morgan fingerprint density at radius 2 is 1.90 bits per heavy atom. The van der Waals surface area contributed by atoms with Gasteiger partial charge in [0.2, 0.25) is 0 Å². The first kappa shape index (κ1) is 17.7. The zero-order chi connectivity index (χ0) is 19.6. The van der Waals surface area contributed by atoms with Gasteiger partial charge >= 0.3 is 0 Å². The molecule has 0 fully saturated rings. The van der Waals surface area contributed by atoms with E-state index in [1.54, 1.807) is 0 Å². The van der Waals surface area contributed by atoms with Gasteiger partial charge in [-0.2, -0.15) is 5.10 Å². The van der Waals surface area contributed by atoms with Crippen molar-refractivity contribution in [3.63, 3.8) is 0 Å². The van der Waals surface area contributed by atoms with Crippen LogP contribution in [0.3, 0.4) is 0 Å². The molecular weight excluding hydrogens is 360 g/mol. The van der Waals surface area contributed by atoms with Gasteiger partial charge in [-0.3, -0.25) is 9.89 Å². The lowest BCUT2D eigenvalue weighted by atomic mass is 10.1. The number of hydrogen-bond acceptors (Lipinski definition) is 2. The first-order chi connectivity index (χ1) is 14.3. The highest BCUT2D eigenvalue weighted by Gasteiger charge is 2.22. The van der Waals surface area contributed by atoms with Gasteiger partial charge in [-0.25, -0.2) is 0 Å². The molecule has 2 heterocycles. The fraction of sp³-hybridized carbons (Fsp3) is 0.250. The fourth-order valence-electron chi connectivity index (χ4n) is 4.33. The van der Waals surface area contributed by atoms with Crippen molar-refractivity contribution in [2.75, 3.05) is 6.54 Å². The number of fused-ring (bicyclic) bond motifs is 2. The number of aromatic amines is 1. The maximum atomic E-state index is 12.6. The summed E-state index contributed by atoms with van der Waals surface area (Å²) in [6.07, 6.45) is 6.06. The van der Waals surface area contributed by atoms with Crippen molar-refractivity contribution in [3.05, 3.63) is 88.9 Å². The molecule has 0 aliphatic heterocycles. The standard InChI is InChI=1S/C24H24N4O/c29-24(23-20-10-6-11-21(20)26-27-23)25-14-13-18-16-28(15-17-7-2-1-3-8-17)22-12-5-4-9-19(18)22/h1-5,7-9,12,16H,6,10-11,13-15H2,(H,25,29)(H,26,27). The highest BCUT2D eigenvalue weighted by atomic mass is 16.1. The molecule has 5 heteroatoms. The van der Waals surface area contributed by atoms with Crippen molar-refractivity contribution in [2.45, 2.75) is 32.2 Å². The number of rotatable bonds is 6. The van der Waals surface area contributed by atoms with Crippen LogP contribution in [0.15, 0.2) is 60.8 Å². The van der Waals surface area contributed by atoms with Crippen molar-refractivity contribution in [1.29, 1.82) is 0 Å². The van der Waals surface area contributed by atoms with Gasteiger partial charge < -0.3 is 9.88 Å². The van der Waals surface area contributed by atoms with Gasteiger partial charge in [-0.05, 0) is 42.9 Å². The minimum atomic E-state index is -0.0718. The number of hydrogen-bond donors (Lipinski definition) is 2. The molecule has 1 aliphatic rings. The zero-order valence-electron chi connectivity index (χ0n) is 16.3. The summed E-state index contributed by atoms with van der Waals surface area (Å²) in [5.41, 5.74) is 6.55. The molecule has 29 heavy (non-hydrogen) atoms. The minimum Gasteiger partial charge on any atom is -0.350 e. The smallest absolute Gasteiger partial charge is 0.272 e. The predicted octanol–water partition coefficient (Wildman–Crippen LogP) is 3.87. The molecule has 146 valence electrons. The number of H-pyrrole nitrogens is 1. The van der Waals surface area contributed by atoms with Crippen LogP contribution >= 0.6 is 0 Å². The molecule has 0 spiro atoms. The van der Waals surface area contributed by atoms with E-state index < -0.39 is 0 Å². The molecule has 5 rings (SSSR count). The van der Waals surface area contributed by atoms with Crippen molar-refractivity contribution >= 4 is 16.8 Å². The molecular formula is C24H24N4O. The summed E-state index contributed by atoms with van der Waals surface area (Å²) in [6, 6.07) is 19.0. The van der Waals surface area contributed by atoms with E-state index in [0.29, 0.717) is 12.2 Å². The van der Waals surface area contributed by atoms with E-state index in [1.807, 2.05) is 6.07 Å². The number of carbonyl (C=O) groups excluding carboxylic acids is 1. The molecule has 0 unspecified atom stereocenters. The second-order valence-corrected chi connectivity index (χ2v) is 7.67. The molecule has 0 saturated carbocycles. The molecule has 0 radical (unpaired) electrons. The van der Waals surface area contributed by atoms with Crippen molar-refractivity contribution < 1.29 is 4.79 Å². The Bertz CT molecular complexity index is 1160. The molecule has 0 atom stereocenters. The average molecular weight is 384 g/mol. The highest BCUT2D eigenvalue weighted by molar-refractivity contribution is 5.94. The van der Waals surface area contributed by atoms with Gasteiger partial charge in [0.15, 0.2) is 5.69 Å². The normalized spacial score (nSPS) is 13.0. The number of nitrogens with zero attached hydrogens (tertiary/aromatic N) is 2. The van der Waals surface area contributed by atoms with Gasteiger partial charge in [0.05, 0.1) is 0 Å². The average Bonchev–Trinajstić information content (AvgIpc) is 3.44. The zero-order valence-corrected chi connectivity index (χ0v) is 16.3. The Kier molecular flexibility index (Phi) is 4.64. The molecule has 5 nitrogen and oxygen atoms in total. The Hall–Kier alpha value is -3.34. The van der Waals surface area contributed by atoms with Crippen LogP contribution in [0.1, 0.15) is 39.3 Å². The summed E-state index contributed by atoms with van der Waals surface area (Å²) in [7, 11) is 0. The third-order valence-electron chi connectivity index (χ3n) is 5.77. The van der Waals surface area contributed by atoms with Crippen molar-refractivity contribution in [2.24, 2.45) is 0 Å². The van der Waals surface area contributed by atoms with Gasteiger partial charge in [0, 0.05) is 41.4 Å². The molecule has 0 saturated heterocycles. The van der Waals surface area contributed by atoms with Crippen molar-refractivity contribution in [1.82, 2.24) is 20.1 Å². The molecule has 2 aromatic carbocycles. The Labute approximate surface area is 169 Å². The van der Waals surface area contributed by atoms with E-state index in [2.05, 4.69) is 74.8 Å². The number of aromatic nitrogens is 3. The van der Waals surface area contributed by atoms with E-state index in [9.17, 15) is 4.79 Å². The van der Waals surface area contributed by atoms with Crippen LogP contribution in [0, 0.1) is 0 Å². The first-order valence-corrected chi connectivity index (χ1v) is 10.2. The fourth-order valence-corrected chi connectivity index (χ4v) is 4.33. The van der Waals surface area contributed by atoms with Gasteiger partial charge in [-0.1, -0.05) is 48.5 Å². The van der Waals surface area contributed by atoms with Crippen LogP contribution in [0.4, 0.5) is 0 Å². The third kappa shape index (κ3) is 3.44. The van der Waals surface area contributed by atoms with Crippen molar-refractivity contribution in [3.8, 4) is 0 Å². The third-order valence-corrected chi connectivity index (χ3v) is 5.77. The first-order valence-electron chi connectivity index (χ1n) is 10.2. The summed E-state index contributed by atoms with van der Waals surface area (Å²) in [5, 5.41) is 11.5. The predicted molar refractivity (Wildman–Crippen MR) is 114 cm³/mol. The quantitative estimate of drug-likeness (QED) is 0.530. The maximum Gasteiger partial charge on any atom is 0.272 e. The summed E-state index contributed by atoms with van der Waals surface area (Å²) in [4.78, 5) is 12.6. The van der Waals surface area contributed by atoms with Crippen LogP contribution < -0.4 is 5.32 Å². The summed E-state index contributed by atoms with van der Waals surface area (Å²) in [5.74, 6) is -0.0718.